The first kappa shape index (κ1) is 27.1. The number of esters is 1. The molecular formula is C25H37N3O6. The van der Waals surface area contributed by atoms with Gasteiger partial charge in [0.15, 0.2) is 0 Å². The minimum atomic E-state index is -0.980. The fraction of sp³-hybridized carbons (Fsp3) is 0.600. The lowest BCUT2D eigenvalue weighted by atomic mass is 9.92. The van der Waals surface area contributed by atoms with Gasteiger partial charge in [-0.1, -0.05) is 30.3 Å². The number of rotatable bonds is 5. The average Bonchev–Trinajstić information content (AvgIpc) is 3.10. The highest BCUT2D eigenvalue weighted by Gasteiger charge is 2.51. The Hall–Kier alpha value is -3.10. The first-order chi connectivity index (χ1) is 15.6. The molecular weight excluding hydrogens is 438 g/mol. The van der Waals surface area contributed by atoms with Gasteiger partial charge >= 0.3 is 12.1 Å². The molecule has 3 atom stereocenters. The van der Waals surface area contributed by atoms with E-state index in [9.17, 15) is 19.2 Å². The first-order valence-electron chi connectivity index (χ1n) is 11.4. The molecule has 1 aromatic rings. The summed E-state index contributed by atoms with van der Waals surface area (Å²) < 4.78 is 10.8. The lowest BCUT2D eigenvalue weighted by molar-refractivity contribution is -0.164. The quantitative estimate of drug-likeness (QED) is 0.657. The van der Waals surface area contributed by atoms with Crippen molar-refractivity contribution >= 4 is 23.9 Å². The van der Waals surface area contributed by atoms with Crippen molar-refractivity contribution in [2.24, 2.45) is 5.92 Å². The summed E-state index contributed by atoms with van der Waals surface area (Å²) in [6.07, 6.45) is -0.630. The zero-order valence-corrected chi connectivity index (χ0v) is 21.4. The van der Waals surface area contributed by atoms with E-state index in [1.165, 1.54) is 9.80 Å². The number of hydrogen-bond acceptors (Lipinski definition) is 6. The molecule has 1 heterocycles. The molecule has 1 aliphatic heterocycles. The van der Waals surface area contributed by atoms with Gasteiger partial charge in [-0.05, 0) is 53.5 Å². The minimum absolute atomic E-state index is 0.115. The van der Waals surface area contributed by atoms with Crippen molar-refractivity contribution < 1.29 is 28.7 Å². The number of amides is 3. The molecule has 3 unspecified atom stereocenters. The Morgan fingerprint density at radius 3 is 2.03 bits per heavy atom. The number of hydrogen-bond donors (Lipinski definition) is 1. The van der Waals surface area contributed by atoms with Crippen molar-refractivity contribution in [2.75, 3.05) is 20.6 Å². The highest BCUT2D eigenvalue weighted by molar-refractivity contribution is 5.91. The molecule has 0 radical (unpaired) electrons. The maximum atomic E-state index is 13.4. The fourth-order valence-corrected chi connectivity index (χ4v) is 3.94. The molecule has 1 fully saturated rings. The van der Waals surface area contributed by atoms with E-state index in [1.54, 1.807) is 55.6 Å². The Bertz CT molecular complexity index is 901. The summed E-state index contributed by atoms with van der Waals surface area (Å²) >= 11 is 0. The number of benzene rings is 1. The summed E-state index contributed by atoms with van der Waals surface area (Å²) in [5, 5.41) is 2.46. The van der Waals surface area contributed by atoms with Gasteiger partial charge in [-0.15, -0.1) is 0 Å². The number of alkyl carbamates (subject to hydrolysis) is 1. The Kier molecular flexibility index (Phi) is 8.34. The number of carbonyl (C=O) groups is 4. The molecule has 1 aliphatic rings. The van der Waals surface area contributed by atoms with E-state index in [0.29, 0.717) is 0 Å². The van der Waals surface area contributed by atoms with Crippen LogP contribution in [0.4, 0.5) is 4.79 Å². The molecule has 34 heavy (non-hydrogen) atoms. The summed E-state index contributed by atoms with van der Waals surface area (Å²) in [5.74, 6) is -1.95. The van der Waals surface area contributed by atoms with E-state index >= 15 is 0 Å². The topological polar surface area (TPSA) is 105 Å². The van der Waals surface area contributed by atoms with Crippen molar-refractivity contribution in [1.82, 2.24) is 15.1 Å². The lowest BCUT2D eigenvalue weighted by Gasteiger charge is -2.33. The number of ether oxygens (including phenoxy) is 2. The normalized spacial score (nSPS) is 20.5. The van der Waals surface area contributed by atoms with Gasteiger partial charge in [0.1, 0.15) is 23.8 Å². The van der Waals surface area contributed by atoms with Crippen LogP contribution < -0.4 is 5.32 Å². The molecule has 0 saturated carbocycles. The molecule has 0 spiro atoms. The second-order valence-corrected chi connectivity index (χ2v) is 10.6. The summed E-state index contributed by atoms with van der Waals surface area (Å²) in [7, 11) is 3.28. The van der Waals surface area contributed by atoms with Crippen LogP contribution in [0, 0.1) is 5.92 Å². The third-order valence-corrected chi connectivity index (χ3v) is 5.14. The Morgan fingerprint density at radius 2 is 1.53 bits per heavy atom. The molecule has 188 valence electrons. The fourth-order valence-electron chi connectivity index (χ4n) is 3.94. The molecule has 1 N–H and O–H groups in total. The Labute approximate surface area is 201 Å². The van der Waals surface area contributed by atoms with E-state index in [-0.39, 0.29) is 18.9 Å². The van der Waals surface area contributed by atoms with Crippen LogP contribution in [0.3, 0.4) is 0 Å². The first-order valence-corrected chi connectivity index (χ1v) is 11.4. The largest absolute Gasteiger partial charge is 0.458 e. The van der Waals surface area contributed by atoms with Crippen molar-refractivity contribution in [2.45, 2.75) is 71.2 Å². The molecule has 1 aromatic carbocycles. The molecule has 1 saturated heterocycles. The summed E-state index contributed by atoms with van der Waals surface area (Å²) in [6.45, 7) is 10.00. The van der Waals surface area contributed by atoms with Gasteiger partial charge in [0.2, 0.25) is 11.8 Å². The number of likely N-dealkylation sites (tertiary alicyclic amines) is 1. The average molecular weight is 476 g/mol. The molecule has 0 aromatic heterocycles. The molecule has 9 heteroatoms. The lowest BCUT2D eigenvalue weighted by Crippen LogP contribution is -2.49. The monoisotopic (exact) mass is 475 g/mol. The second kappa shape index (κ2) is 10.4. The van der Waals surface area contributed by atoms with Gasteiger partial charge in [-0.25, -0.2) is 9.59 Å². The Morgan fingerprint density at radius 1 is 0.971 bits per heavy atom. The second-order valence-electron chi connectivity index (χ2n) is 10.6. The number of nitrogens with zero attached hydrogens (tertiary/aromatic N) is 2. The maximum Gasteiger partial charge on any atom is 0.408 e. The van der Waals surface area contributed by atoms with Crippen LogP contribution in [0.25, 0.3) is 0 Å². The zero-order valence-electron chi connectivity index (χ0n) is 21.4. The zero-order chi connectivity index (χ0) is 25.8. The summed E-state index contributed by atoms with van der Waals surface area (Å²) in [6, 6.07) is 7.43. The predicted molar refractivity (Wildman–Crippen MR) is 127 cm³/mol. The molecule has 0 bridgehead atoms. The smallest absolute Gasteiger partial charge is 0.408 e. The van der Waals surface area contributed by atoms with Gasteiger partial charge in [0.25, 0.3) is 0 Å². The van der Waals surface area contributed by atoms with Gasteiger partial charge in [-0.3, -0.25) is 9.59 Å². The van der Waals surface area contributed by atoms with E-state index < -0.39 is 47.2 Å². The van der Waals surface area contributed by atoms with Crippen LogP contribution in [-0.4, -0.2) is 71.6 Å². The third-order valence-electron chi connectivity index (χ3n) is 5.14. The summed E-state index contributed by atoms with van der Waals surface area (Å²) in [5.41, 5.74) is -0.776. The van der Waals surface area contributed by atoms with Crippen LogP contribution in [0.2, 0.25) is 0 Å². The SMILES string of the molecule is CN(C)C(=O)C1CC(C(=O)OC(C)(C)C)N(C(=O)CNC(=O)OC(C)(C)C)C1c1ccccc1. The van der Waals surface area contributed by atoms with Crippen molar-refractivity contribution in [3.8, 4) is 0 Å². The van der Waals surface area contributed by atoms with E-state index in [4.69, 9.17) is 9.47 Å². The predicted octanol–water partition coefficient (Wildman–Crippen LogP) is 2.90. The molecule has 0 aliphatic carbocycles. The van der Waals surface area contributed by atoms with Gasteiger partial charge in [0.05, 0.1) is 12.0 Å². The van der Waals surface area contributed by atoms with Gasteiger partial charge in [0, 0.05) is 14.1 Å². The standard InChI is InChI=1S/C25H37N3O6/c1-24(2,3)33-22(31)18-14-17(21(30)27(7)8)20(16-12-10-9-11-13-16)28(18)19(29)15-26-23(32)34-25(4,5)6/h9-13,17-18,20H,14-15H2,1-8H3,(H,26,32). The van der Waals surface area contributed by atoms with E-state index in [2.05, 4.69) is 5.32 Å². The third kappa shape index (κ3) is 7.20. The van der Waals surface area contributed by atoms with Crippen molar-refractivity contribution in [3.05, 3.63) is 35.9 Å². The van der Waals surface area contributed by atoms with Crippen LogP contribution in [-0.2, 0) is 23.9 Å². The highest BCUT2D eigenvalue weighted by atomic mass is 16.6. The van der Waals surface area contributed by atoms with Gasteiger partial charge in [-0.2, -0.15) is 0 Å². The van der Waals surface area contributed by atoms with Crippen molar-refractivity contribution in [3.63, 3.8) is 0 Å². The number of nitrogens with one attached hydrogen (secondary N) is 1. The van der Waals surface area contributed by atoms with Crippen LogP contribution >= 0.6 is 0 Å². The van der Waals surface area contributed by atoms with E-state index in [1.807, 2.05) is 30.3 Å². The number of carbonyl (C=O) groups excluding carboxylic acids is 4. The van der Waals surface area contributed by atoms with Crippen LogP contribution in [0.15, 0.2) is 30.3 Å². The molecule has 9 nitrogen and oxygen atoms in total. The molecule has 2 rings (SSSR count). The minimum Gasteiger partial charge on any atom is -0.458 e. The van der Waals surface area contributed by atoms with Crippen LogP contribution in [0.5, 0.6) is 0 Å². The maximum absolute atomic E-state index is 13.4. The Balaban J connectivity index is 2.43. The highest BCUT2D eigenvalue weighted by Crippen LogP contribution is 2.42. The summed E-state index contributed by atoms with van der Waals surface area (Å²) in [4.78, 5) is 54.7. The molecule has 3 amide bonds. The van der Waals surface area contributed by atoms with Gasteiger partial charge < -0.3 is 24.6 Å². The van der Waals surface area contributed by atoms with E-state index in [0.717, 1.165) is 5.56 Å². The van der Waals surface area contributed by atoms with Crippen LogP contribution in [0.1, 0.15) is 59.6 Å². The van der Waals surface area contributed by atoms with Crippen molar-refractivity contribution in [1.29, 1.82) is 0 Å².